The molecule has 17 heavy (non-hydrogen) atoms. The molecule has 0 unspecified atom stereocenters. The maximum Gasteiger partial charge on any atom is 0.251 e. The monoisotopic (exact) mass is 233 g/mol. The molecule has 0 fully saturated rings. The van der Waals surface area contributed by atoms with E-state index >= 15 is 0 Å². The summed E-state index contributed by atoms with van der Waals surface area (Å²) in [7, 11) is 1.89. The van der Waals surface area contributed by atoms with Crippen molar-refractivity contribution < 1.29 is 9.90 Å². The summed E-state index contributed by atoms with van der Waals surface area (Å²) in [6, 6.07) is 5.40. The largest absolute Gasteiger partial charge is 0.396 e. The van der Waals surface area contributed by atoms with Gasteiger partial charge in [-0.1, -0.05) is 0 Å². The minimum absolute atomic E-state index is 0.0844. The standard InChI is InChI=1S/C12H15N3O2/c1-15-8-14-10-4-3-9(7-11(10)15)12(17)13-5-2-6-16/h3-4,7-8,16H,2,5-6H2,1H3,(H,13,17). The Labute approximate surface area is 99.1 Å². The highest BCUT2D eigenvalue weighted by Gasteiger charge is 2.07. The van der Waals surface area contributed by atoms with Crippen LogP contribution in [-0.4, -0.2) is 33.7 Å². The summed E-state index contributed by atoms with van der Waals surface area (Å²) >= 11 is 0. The van der Waals surface area contributed by atoms with Crippen LogP contribution in [0.3, 0.4) is 0 Å². The average Bonchev–Trinajstić information content (AvgIpc) is 2.71. The normalized spacial score (nSPS) is 10.7. The third-order valence-electron chi connectivity index (χ3n) is 2.61. The van der Waals surface area contributed by atoms with Gasteiger partial charge in [-0.15, -0.1) is 0 Å². The lowest BCUT2D eigenvalue weighted by Gasteiger charge is -2.04. The highest BCUT2D eigenvalue weighted by molar-refractivity contribution is 5.97. The molecule has 5 nitrogen and oxygen atoms in total. The zero-order chi connectivity index (χ0) is 12.3. The van der Waals surface area contributed by atoms with Crippen LogP contribution in [0.4, 0.5) is 0 Å². The molecule has 1 aromatic carbocycles. The summed E-state index contributed by atoms with van der Waals surface area (Å²) in [6.07, 6.45) is 2.29. The minimum atomic E-state index is -0.124. The van der Waals surface area contributed by atoms with Crippen LogP contribution in [0.5, 0.6) is 0 Å². The molecule has 1 aromatic heterocycles. The molecule has 90 valence electrons. The molecule has 0 saturated carbocycles. The van der Waals surface area contributed by atoms with Crippen molar-refractivity contribution in [2.45, 2.75) is 6.42 Å². The summed E-state index contributed by atoms with van der Waals surface area (Å²) in [5.74, 6) is -0.124. The highest BCUT2D eigenvalue weighted by atomic mass is 16.3. The second kappa shape index (κ2) is 4.97. The van der Waals surface area contributed by atoms with Crippen molar-refractivity contribution >= 4 is 16.9 Å². The molecule has 5 heteroatoms. The molecule has 0 radical (unpaired) electrons. The zero-order valence-electron chi connectivity index (χ0n) is 9.68. The highest BCUT2D eigenvalue weighted by Crippen LogP contribution is 2.13. The molecule has 0 aliphatic rings. The van der Waals surface area contributed by atoms with Crippen molar-refractivity contribution in [2.75, 3.05) is 13.2 Å². The first-order chi connectivity index (χ1) is 8.22. The lowest BCUT2D eigenvalue weighted by molar-refractivity contribution is 0.0951. The molecule has 2 N–H and O–H groups in total. The van der Waals surface area contributed by atoms with E-state index in [1.54, 1.807) is 12.4 Å². The minimum Gasteiger partial charge on any atom is -0.396 e. The molecule has 0 aliphatic heterocycles. The van der Waals surface area contributed by atoms with E-state index in [1.165, 1.54) is 0 Å². The van der Waals surface area contributed by atoms with Crippen molar-refractivity contribution in [3.05, 3.63) is 30.1 Å². The predicted octanol–water partition coefficient (Wildman–Crippen LogP) is 0.685. The van der Waals surface area contributed by atoms with Crippen LogP contribution >= 0.6 is 0 Å². The number of aromatic nitrogens is 2. The van der Waals surface area contributed by atoms with Crippen LogP contribution in [-0.2, 0) is 7.05 Å². The number of nitrogens with zero attached hydrogens (tertiary/aromatic N) is 2. The number of carbonyl (C=O) groups excluding carboxylic acids is 1. The van der Waals surface area contributed by atoms with Gasteiger partial charge < -0.3 is 15.0 Å². The summed E-state index contributed by atoms with van der Waals surface area (Å²) in [4.78, 5) is 16.0. The number of aryl methyl sites for hydroxylation is 1. The second-order valence-corrected chi connectivity index (χ2v) is 3.89. The first kappa shape index (κ1) is 11.6. The van der Waals surface area contributed by atoms with Gasteiger partial charge in [-0.25, -0.2) is 4.98 Å². The van der Waals surface area contributed by atoms with E-state index < -0.39 is 0 Å². The van der Waals surface area contributed by atoms with E-state index in [2.05, 4.69) is 10.3 Å². The SMILES string of the molecule is Cn1cnc2ccc(C(=O)NCCCO)cc21. The van der Waals surface area contributed by atoms with E-state index in [1.807, 2.05) is 23.7 Å². The fourth-order valence-electron chi connectivity index (χ4n) is 1.65. The Bertz CT molecular complexity index is 534. The topological polar surface area (TPSA) is 67.2 Å². The molecule has 1 amide bonds. The molecule has 1 heterocycles. The molecule has 0 atom stereocenters. The summed E-state index contributed by atoms with van der Waals surface area (Å²) in [5, 5.41) is 11.4. The van der Waals surface area contributed by atoms with E-state index in [0.29, 0.717) is 18.5 Å². The van der Waals surface area contributed by atoms with Gasteiger partial charge in [0.05, 0.1) is 17.4 Å². The van der Waals surface area contributed by atoms with Gasteiger partial charge in [0.15, 0.2) is 0 Å². The van der Waals surface area contributed by atoms with Crippen LogP contribution in [0.1, 0.15) is 16.8 Å². The average molecular weight is 233 g/mol. The molecule has 0 saturated heterocycles. The number of fused-ring (bicyclic) bond motifs is 1. The van der Waals surface area contributed by atoms with Crippen molar-refractivity contribution in [1.29, 1.82) is 0 Å². The molecular formula is C12H15N3O2. The lowest BCUT2D eigenvalue weighted by Crippen LogP contribution is -2.24. The van der Waals surface area contributed by atoms with Crippen LogP contribution in [0.25, 0.3) is 11.0 Å². The van der Waals surface area contributed by atoms with Crippen LogP contribution in [0.2, 0.25) is 0 Å². The number of amides is 1. The van der Waals surface area contributed by atoms with Gasteiger partial charge in [-0.3, -0.25) is 4.79 Å². The number of hydrogen-bond acceptors (Lipinski definition) is 3. The molecule has 2 rings (SSSR count). The second-order valence-electron chi connectivity index (χ2n) is 3.89. The number of imidazole rings is 1. The summed E-state index contributed by atoms with van der Waals surface area (Å²) < 4.78 is 1.87. The molecule has 0 spiro atoms. The van der Waals surface area contributed by atoms with Crippen LogP contribution < -0.4 is 5.32 Å². The molecule has 2 aromatic rings. The van der Waals surface area contributed by atoms with Crippen molar-refractivity contribution in [3.63, 3.8) is 0 Å². The smallest absolute Gasteiger partial charge is 0.251 e. The Morgan fingerprint density at radius 2 is 2.35 bits per heavy atom. The first-order valence-corrected chi connectivity index (χ1v) is 5.52. The van der Waals surface area contributed by atoms with E-state index in [4.69, 9.17) is 5.11 Å². The number of nitrogens with one attached hydrogen (secondary N) is 1. The maximum absolute atomic E-state index is 11.8. The Morgan fingerprint density at radius 1 is 1.53 bits per heavy atom. The molecular weight excluding hydrogens is 218 g/mol. The van der Waals surface area contributed by atoms with Crippen molar-refractivity contribution in [3.8, 4) is 0 Å². The Kier molecular flexibility index (Phi) is 3.39. The van der Waals surface area contributed by atoms with Gasteiger partial charge >= 0.3 is 0 Å². The maximum atomic E-state index is 11.8. The number of rotatable bonds is 4. The first-order valence-electron chi connectivity index (χ1n) is 5.52. The zero-order valence-corrected chi connectivity index (χ0v) is 9.68. The quantitative estimate of drug-likeness (QED) is 0.763. The van der Waals surface area contributed by atoms with Gasteiger partial charge in [0.2, 0.25) is 0 Å². The fraction of sp³-hybridized carbons (Fsp3) is 0.333. The summed E-state index contributed by atoms with van der Waals surface area (Å²) in [5.41, 5.74) is 2.42. The van der Waals surface area contributed by atoms with Gasteiger partial charge in [-0.2, -0.15) is 0 Å². The Morgan fingerprint density at radius 3 is 3.12 bits per heavy atom. The Balaban J connectivity index is 2.17. The lowest BCUT2D eigenvalue weighted by atomic mass is 10.2. The van der Waals surface area contributed by atoms with Crippen LogP contribution in [0, 0.1) is 0 Å². The van der Waals surface area contributed by atoms with Gasteiger partial charge in [0.25, 0.3) is 5.91 Å². The van der Waals surface area contributed by atoms with Gasteiger partial charge in [-0.05, 0) is 24.6 Å². The van der Waals surface area contributed by atoms with Crippen molar-refractivity contribution in [2.24, 2.45) is 7.05 Å². The van der Waals surface area contributed by atoms with Crippen LogP contribution in [0.15, 0.2) is 24.5 Å². The molecule has 0 bridgehead atoms. The van der Waals surface area contributed by atoms with E-state index in [9.17, 15) is 4.79 Å². The van der Waals surface area contributed by atoms with E-state index in [-0.39, 0.29) is 12.5 Å². The van der Waals surface area contributed by atoms with Gasteiger partial charge in [0, 0.05) is 25.8 Å². The molecule has 0 aliphatic carbocycles. The number of aliphatic hydroxyl groups excluding tert-OH is 1. The Hall–Kier alpha value is -1.88. The van der Waals surface area contributed by atoms with Crippen molar-refractivity contribution in [1.82, 2.24) is 14.9 Å². The number of benzene rings is 1. The third-order valence-corrected chi connectivity index (χ3v) is 2.61. The number of hydrogen-bond donors (Lipinski definition) is 2. The van der Waals surface area contributed by atoms with Gasteiger partial charge in [0.1, 0.15) is 0 Å². The van der Waals surface area contributed by atoms with E-state index in [0.717, 1.165) is 11.0 Å². The number of aliphatic hydroxyl groups is 1. The fourth-order valence-corrected chi connectivity index (χ4v) is 1.65. The predicted molar refractivity (Wildman–Crippen MR) is 64.8 cm³/mol. The summed E-state index contributed by atoms with van der Waals surface area (Å²) in [6.45, 7) is 0.569. The number of carbonyl (C=O) groups is 1. The third kappa shape index (κ3) is 2.45.